The molecule has 0 spiro atoms. The maximum absolute atomic E-state index is 12.6. The molecule has 6 heteroatoms. The number of esters is 2. The molecule has 1 N–H and O–H groups in total. The predicted octanol–water partition coefficient (Wildman–Crippen LogP) is 12.4. The number of hydrogen-bond donors (Lipinski definition) is 1. The summed E-state index contributed by atoms with van der Waals surface area (Å²) in [6.07, 6.45) is 34.8. The van der Waals surface area contributed by atoms with Gasteiger partial charge in [0, 0.05) is 6.61 Å². The first-order valence-electron chi connectivity index (χ1n) is 22.2. The van der Waals surface area contributed by atoms with Crippen LogP contribution in [0.1, 0.15) is 220 Å². The Hall–Kier alpha value is -1.14. The van der Waals surface area contributed by atoms with Crippen molar-refractivity contribution in [2.45, 2.75) is 220 Å². The average molecular weight is 710 g/mol. The highest BCUT2D eigenvalue weighted by Crippen LogP contribution is 2.20. The van der Waals surface area contributed by atoms with Crippen LogP contribution in [0, 0.1) is 11.8 Å². The van der Waals surface area contributed by atoms with E-state index in [4.69, 9.17) is 9.47 Å². The molecule has 0 aromatic rings. The molecule has 0 saturated carbocycles. The summed E-state index contributed by atoms with van der Waals surface area (Å²) in [6, 6.07) is 0. The fraction of sp³-hybridized carbons (Fsp3) is 0.955. The van der Waals surface area contributed by atoms with Crippen molar-refractivity contribution in [1.29, 1.82) is 0 Å². The minimum Gasteiger partial charge on any atom is -0.465 e. The Bertz CT molecular complexity index is 717. The molecule has 50 heavy (non-hydrogen) atoms. The van der Waals surface area contributed by atoms with E-state index in [1.165, 1.54) is 116 Å². The molecule has 2 atom stereocenters. The van der Waals surface area contributed by atoms with Crippen molar-refractivity contribution >= 4 is 11.9 Å². The number of hydrogen-bond acceptors (Lipinski definition) is 6. The second-order valence-electron chi connectivity index (χ2n) is 15.2. The van der Waals surface area contributed by atoms with Gasteiger partial charge in [0.15, 0.2) is 0 Å². The van der Waals surface area contributed by atoms with Crippen LogP contribution in [0.15, 0.2) is 0 Å². The van der Waals surface area contributed by atoms with Gasteiger partial charge in [0.05, 0.1) is 25.0 Å². The van der Waals surface area contributed by atoms with E-state index < -0.39 is 0 Å². The molecule has 0 fully saturated rings. The molecule has 6 nitrogen and oxygen atoms in total. The summed E-state index contributed by atoms with van der Waals surface area (Å²) < 4.78 is 11.3. The summed E-state index contributed by atoms with van der Waals surface area (Å²) in [5.74, 6) is 0.281. The minimum absolute atomic E-state index is 0.0259. The Morgan fingerprint density at radius 3 is 1.24 bits per heavy atom. The zero-order chi connectivity index (χ0) is 36.8. The molecule has 0 aliphatic heterocycles. The topological polar surface area (TPSA) is 76.1 Å². The lowest BCUT2D eigenvalue weighted by Gasteiger charge is -2.22. The van der Waals surface area contributed by atoms with E-state index in [1.54, 1.807) is 0 Å². The third-order valence-electron chi connectivity index (χ3n) is 10.5. The van der Waals surface area contributed by atoms with Crippen molar-refractivity contribution in [2.24, 2.45) is 11.8 Å². The number of carbonyl (C=O) groups is 2. The fourth-order valence-corrected chi connectivity index (χ4v) is 6.96. The van der Waals surface area contributed by atoms with Crippen LogP contribution < -0.4 is 0 Å². The molecule has 298 valence electrons. The van der Waals surface area contributed by atoms with Gasteiger partial charge < -0.3 is 19.5 Å². The molecule has 0 heterocycles. The van der Waals surface area contributed by atoms with E-state index in [9.17, 15) is 14.7 Å². The molecular weight excluding hydrogens is 622 g/mol. The Morgan fingerprint density at radius 2 is 0.800 bits per heavy atom. The van der Waals surface area contributed by atoms with E-state index >= 15 is 0 Å². The van der Waals surface area contributed by atoms with Crippen molar-refractivity contribution in [3.63, 3.8) is 0 Å². The molecular formula is C44H87NO5. The van der Waals surface area contributed by atoms with Gasteiger partial charge >= 0.3 is 11.9 Å². The lowest BCUT2D eigenvalue weighted by Crippen LogP contribution is -2.27. The first-order chi connectivity index (χ1) is 24.5. The summed E-state index contributed by atoms with van der Waals surface area (Å²) in [5, 5.41) is 9.25. The summed E-state index contributed by atoms with van der Waals surface area (Å²) in [6.45, 7) is 13.7. The van der Waals surface area contributed by atoms with Gasteiger partial charge in [-0.25, -0.2) is 0 Å². The highest BCUT2D eigenvalue weighted by atomic mass is 16.5. The first kappa shape index (κ1) is 48.9. The van der Waals surface area contributed by atoms with E-state index in [0.717, 1.165) is 96.4 Å². The first-order valence-corrected chi connectivity index (χ1v) is 22.2. The number of ether oxygens (including phenoxy) is 2. The molecule has 2 unspecified atom stereocenters. The van der Waals surface area contributed by atoms with Crippen molar-refractivity contribution in [3.05, 3.63) is 0 Å². The number of aliphatic hydroxyl groups is 1. The molecule has 0 rings (SSSR count). The predicted molar refractivity (Wildman–Crippen MR) is 214 cm³/mol. The van der Waals surface area contributed by atoms with Gasteiger partial charge in [0.25, 0.3) is 0 Å². The molecule has 0 bridgehead atoms. The van der Waals surface area contributed by atoms with Crippen LogP contribution in [0.3, 0.4) is 0 Å². The van der Waals surface area contributed by atoms with Gasteiger partial charge in [-0.3, -0.25) is 9.59 Å². The molecule has 0 aromatic heterocycles. The third kappa shape index (κ3) is 31.6. The smallest absolute Gasteiger partial charge is 0.308 e. The average Bonchev–Trinajstić information content (AvgIpc) is 3.12. The zero-order valence-electron chi connectivity index (χ0n) is 34.1. The maximum Gasteiger partial charge on any atom is 0.308 e. The van der Waals surface area contributed by atoms with E-state index in [1.807, 2.05) is 0 Å². The van der Waals surface area contributed by atoms with E-state index in [-0.39, 0.29) is 23.8 Å². The molecule has 0 saturated heterocycles. The van der Waals surface area contributed by atoms with E-state index in [2.05, 4.69) is 32.6 Å². The Kier molecular flexibility index (Phi) is 38.2. The molecule has 0 aliphatic carbocycles. The second kappa shape index (κ2) is 39.1. The molecule has 0 aromatic carbocycles. The highest BCUT2D eigenvalue weighted by molar-refractivity contribution is 5.72. The normalized spacial score (nSPS) is 12.8. The summed E-state index contributed by atoms with van der Waals surface area (Å²) in [5.41, 5.74) is 0. The van der Waals surface area contributed by atoms with Crippen molar-refractivity contribution in [3.8, 4) is 0 Å². The standard InChI is InChI=1S/C44H87NO5/c1-5-9-12-24-33-41(8-4)43(47)49-39-30-22-18-14-16-20-26-35-45(37-28-29-38-46)36-27-21-17-15-19-23-31-40-50-44(48)42(32-11-7-3)34-25-13-10-6-2/h41-42,46H,5-40H2,1-4H3. The Morgan fingerprint density at radius 1 is 0.440 bits per heavy atom. The van der Waals surface area contributed by atoms with Gasteiger partial charge in [-0.2, -0.15) is 0 Å². The molecule has 0 aliphatic rings. The number of aliphatic hydroxyl groups excluding tert-OH is 1. The summed E-state index contributed by atoms with van der Waals surface area (Å²) >= 11 is 0. The zero-order valence-corrected chi connectivity index (χ0v) is 34.1. The maximum atomic E-state index is 12.6. The molecule has 0 amide bonds. The number of rotatable bonds is 40. The Labute approximate surface area is 312 Å². The van der Waals surface area contributed by atoms with Gasteiger partial charge in [0.2, 0.25) is 0 Å². The van der Waals surface area contributed by atoms with Gasteiger partial charge in [-0.15, -0.1) is 0 Å². The minimum atomic E-state index is 0.0259. The van der Waals surface area contributed by atoms with Crippen molar-refractivity contribution in [1.82, 2.24) is 4.90 Å². The monoisotopic (exact) mass is 710 g/mol. The van der Waals surface area contributed by atoms with Gasteiger partial charge in [-0.1, -0.05) is 156 Å². The van der Waals surface area contributed by atoms with Crippen LogP contribution >= 0.6 is 0 Å². The Balaban J connectivity index is 3.92. The largest absolute Gasteiger partial charge is 0.465 e. The fourth-order valence-electron chi connectivity index (χ4n) is 6.96. The summed E-state index contributed by atoms with van der Waals surface area (Å²) in [7, 11) is 0. The van der Waals surface area contributed by atoms with Crippen LogP contribution in [0.2, 0.25) is 0 Å². The number of unbranched alkanes of at least 4 members (excludes halogenated alkanes) is 20. The van der Waals surface area contributed by atoms with E-state index in [0.29, 0.717) is 19.8 Å². The van der Waals surface area contributed by atoms with Crippen LogP contribution in [0.5, 0.6) is 0 Å². The lowest BCUT2D eigenvalue weighted by atomic mass is 9.95. The second-order valence-corrected chi connectivity index (χ2v) is 15.2. The third-order valence-corrected chi connectivity index (χ3v) is 10.5. The number of nitrogens with zero attached hydrogens (tertiary/aromatic N) is 1. The quantitative estimate of drug-likeness (QED) is 0.0504. The van der Waals surface area contributed by atoms with Gasteiger partial charge in [0.1, 0.15) is 0 Å². The summed E-state index contributed by atoms with van der Waals surface area (Å²) in [4.78, 5) is 27.6. The van der Waals surface area contributed by atoms with Crippen LogP contribution in [0.25, 0.3) is 0 Å². The van der Waals surface area contributed by atoms with Crippen LogP contribution in [0.4, 0.5) is 0 Å². The lowest BCUT2D eigenvalue weighted by molar-refractivity contribution is -0.150. The van der Waals surface area contributed by atoms with Crippen molar-refractivity contribution < 1.29 is 24.2 Å². The van der Waals surface area contributed by atoms with Crippen molar-refractivity contribution in [2.75, 3.05) is 39.5 Å². The van der Waals surface area contributed by atoms with Crippen LogP contribution in [-0.4, -0.2) is 61.4 Å². The SMILES string of the molecule is CCCCCCC(CC)C(=O)OCCCCCCCCCN(CCCCO)CCCCCCCCCOC(=O)C(CCCC)CCCCCC. The van der Waals surface area contributed by atoms with Gasteiger partial charge in [-0.05, 0) is 83.8 Å². The van der Waals surface area contributed by atoms with Crippen LogP contribution in [-0.2, 0) is 19.1 Å². The molecule has 0 radical (unpaired) electrons. The highest BCUT2D eigenvalue weighted by Gasteiger charge is 2.19. The number of carbonyl (C=O) groups excluding carboxylic acids is 2.